The third-order valence-electron chi connectivity index (χ3n) is 4.59. The molecule has 2 atom stereocenters. The summed E-state index contributed by atoms with van der Waals surface area (Å²) in [5.41, 5.74) is 10.7. The van der Waals surface area contributed by atoms with Crippen molar-refractivity contribution in [2.45, 2.75) is 44.2 Å². The Labute approximate surface area is 118 Å². The van der Waals surface area contributed by atoms with Crippen LogP contribution in [0.25, 0.3) is 0 Å². The highest BCUT2D eigenvalue weighted by atomic mass is 16.3. The zero-order valence-corrected chi connectivity index (χ0v) is 11.6. The molecule has 1 aromatic rings. The molecule has 0 radical (unpaired) electrons. The molecule has 0 amide bonds. The molecule has 1 saturated heterocycles. The van der Waals surface area contributed by atoms with Gasteiger partial charge >= 0.3 is 0 Å². The lowest BCUT2D eigenvalue weighted by atomic mass is 9.71. The Morgan fingerprint density at radius 2 is 1.90 bits per heavy atom. The van der Waals surface area contributed by atoms with Gasteiger partial charge in [-0.2, -0.15) is 15.0 Å². The van der Waals surface area contributed by atoms with Gasteiger partial charge in [0.2, 0.25) is 11.9 Å². The van der Waals surface area contributed by atoms with E-state index in [2.05, 4.69) is 19.9 Å². The van der Waals surface area contributed by atoms with E-state index in [0.717, 1.165) is 38.8 Å². The minimum absolute atomic E-state index is 0.165. The average Bonchev–Trinajstić information content (AvgIpc) is 2.38. The first-order valence-electron chi connectivity index (χ1n) is 7.26. The SMILES string of the molecule is Nc1nc(N)nc(CN2CCC3(O)CCCCC3C2)n1. The fraction of sp³-hybridized carbons (Fsp3) is 0.769. The number of hydrogen-bond donors (Lipinski definition) is 3. The topological polar surface area (TPSA) is 114 Å². The zero-order valence-electron chi connectivity index (χ0n) is 11.6. The summed E-state index contributed by atoms with van der Waals surface area (Å²) < 4.78 is 0. The minimum Gasteiger partial charge on any atom is -0.390 e. The predicted octanol–water partition coefficient (Wildman–Crippen LogP) is 0.163. The second kappa shape index (κ2) is 5.14. The second-order valence-corrected chi connectivity index (χ2v) is 6.00. The first-order valence-corrected chi connectivity index (χ1v) is 7.26. The van der Waals surface area contributed by atoms with Crippen molar-refractivity contribution in [3.8, 4) is 0 Å². The molecule has 1 saturated carbocycles. The molecule has 20 heavy (non-hydrogen) atoms. The van der Waals surface area contributed by atoms with Crippen molar-refractivity contribution in [3.63, 3.8) is 0 Å². The van der Waals surface area contributed by atoms with Crippen LogP contribution in [0.15, 0.2) is 0 Å². The molecule has 7 nitrogen and oxygen atoms in total. The molecule has 0 bridgehead atoms. The van der Waals surface area contributed by atoms with E-state index >= 15 is 0 Å². The van der Waals surface area contributed by atoms with Crippen LogP contribution in [0, 0.1) is 5.92 Å². The summed E-state index contributed by atoms with van der Waals surface area (Å²) in [6, 6.07) is 0. The molecule has 0 aromatic carbocycles. The van der Waals surface area contributed by atoms with Crippen molar-refractivity contribution in [1.82, 2.24) is 19.9 Å². The van der Waals surface area contributed by atoms with E-state index in [1.165, 1.54) is 6.42 Å². The van der Waals surface area contributed by atoms with Crippen molar-refractivity contribution >= 4 is 11.9 Å². The Balaban J connectivity index is 1.67. The number of nitrogens with two attached hydrogens (primary N) is 2. The Hall–Kier alpha value is -1.47. The highest BCUT2D eigenvalue weighted by Crippen LogP contribution is 2.39. The van der Waals surface area contributed by atoms with E-state index in [-0.39, 0.29) is 11.9 Å². The van der Waals surface area contributed by atoms with E-state index in [1.54, 1.807) is 0 Å². The van der Waals surface area contributed by atoms with Gasteiger partial charge in [0.25, 0.3) is 0 Å². The summed E-state index contributed by atoms with van der Waals surface area (Å²) in [6.45, 7) is 2.37. The van der Waals surface area contributed by atoms with Crippen LogP contribution in [-0.2, 0) is 6.54 Å². The molecule has 7 heteroatoms. The molecule has 5 N–H and O–H groups in total. The lowest BCUT2D eigenvalue weighted by Crippen LogP contribution is -2.53. The monoisotopic (exact) mass is 278 g/mol. The Kier molecular flexibility index (Phi) is 3.47. The maximum atomic E-state index is 10.7. The molecule has 2 fully saturated rings. The van der Waals surface area contributed by atoms with Gasteiger partial charge in [0, 0.05) is 19.0 Å². The van der Waals surface area contributed by atoms with E-state index in [4.69, 9.17) is 11.5 Å². The lowest BCUT2D eigenvalue weighted by molar-refractivity contribution is -0.0971. The van der Waals surface area contributed by atoms with Crippen LogP contribution < -0.4 is 11.5 Å². The molecular formula is C13H22N6O. The molecule has 2 heterocycles. The van der Waals surface area contributed by atoms with Crippen LogP contribution in [0.4, 0.5) is 11.9 Å². The van der Waals surface area contributed by atoms with Gasteiger partial charge in [0.1, 0.15) is 5.82 Å². The normalized spacial score (nSPS) is 30.9. The molecule has 1 aliphatic carbocycles. The van der Waals surface area contributed by atoms with Crippen LogP contribution in [0.2, 0.25) is 0 Å². The summed E-state index contributed by atoms with van der Waals surface area (Å²) in [6.07, 6.45) is 5.24. The van der Waals surface area contributed by atoms with Crippen molar-refractivity contribution in [3.05, 3.63) is 5.82 Å². The molecule has 2 unspecified atom stereocenters. The highest BCUT2D eigenvalue weighted by molar-refractivity contribution is 5.25. The number of fused-ring (bicyclic) bond motifs is 1. The molecular weight excluding hydrogens is 256 g/mol. The van der Waals surface area contributed by atoms with Crippen LogP contribution in [-0.4, -0.2) is 43.6 Å². The average molecular weight is 278 g/mol. The fourth-order valence-electron chi connectivity index (χ4n) is 3.51. The maximum Gasteiger partial charge on any atom is 0.225 e. The third-order valence-corrected chi connectivity index (χ3v) is 4.59. The lowest BCUT2D eigenvalue weighted by Gasteiger charge is -2.47. The second-order valence-electron chi connectivity index (χ2n) is 6.00. The van der Waals surface area contributed by atoms with Gasteiger partial charge in [-0.05, 0) is 19.3 Å². The van der Waals surface area contributed by atoms with Crippen LogP contribution in [0.1, 0.15) is 37.9 Å². The van der Waals surface area contributed by atoms with Crippen molar-refractivity contribution < 1.29 is 5.11 Å². The van der Waals surface area contributed by atoms with E-state index in [0.29, 0.717) is 18.3 Å². The maximum absolute atomic E-state index is 10.7. The number of rotatable bonds is 2. The van der Waals surface area contributed by atoms with Gasteiger partial charge in [-0.25, -0.2) is 0 Å². The molecule has 1 aliphatic heterocycles. The van der Waals surface area contributed by atoms with Gasteiger partial charge < -0.3 is 16.6 Å². The van der Waals surface area contributed by atoms with Gasteiger partial charge in [0.15, 0.2) is 0 Å². The van der Waals surface area contributed by atoms with E-state index < -0.39 is 5.60 Å². The number of likely N-dealkylation sites (tertiary alicyclic amines) is 1. The largest absolute Gasteiger partial charge is 0.390 e. The highest BCUT2D eigenvalue weighted by Gasteiger charge is 2.42. The number of aliphatic hydroxyl groups is 1. The summed E-state index contributed by atoms with van der Waals surface area (Å²) >= 11 is 0. The molecule has 3 rings (SSSR count). The minimum atomic E-state index is -0.452. The Morgan fingerprint density at radius 1 is 1.15 bits per heavy atom. The first-order chi connectivity index (χ1) is 9.55. The van der Waals surface area contributed by atoms with Crippen LogP contribution in [0.5, 0.6) is 0 Å². The van der Waals surface area contributed by atoms with E-state index in [9.17, 15) is 5.11 Å². The quantitative estimate of drug-likeness (QED) is 0.706. The van der Waals surface area contributed by atoms with Gasteiger partial charge in [0.05, 0.1) is 12.1 Å². The number of nitrogen functional groups attached to an aromatic ring is 2. The molecule has 1 aromatic heterocycles. The molecule has 110 valence electrons. The predicted molar refractivity (Wildman–Crippen MR) is 75.5 cm³/mol. The number of piperidine rings is 1. The zero-order chi connectivity index (χ0) is 14.2. The summed E-state index contributed by atoms with van der Waals surface area (Å²) in [7, 11) is 0. The standard InChI is InChI=1S/C13H22N6O/c14-11-16-10(17-12(15)18-11)8-19-6-5-13(20)4-2-1-3-9(13)7-19/h9,20H,1-8H2,(H4,14,15,16,17,18). The smallest absolute Gasteiger partial charge is 0.225 e. The number of hydrogen-bond acceptors (Lipinski definition) is 7. The number of nitrogens with zero attached hydrogens (tertiary/aromatic N) is 4. The van der Waals surface area contributed by atoms with Crippen molar-refractivity contribution in [2.75, 3.05) is 24.6 Å². The first kappa shape index (κ1) is 13.5. The van der Waals surface area contributed by atoms with Crippen LogP contribution >= 0.6 is 0 Å². The fourth-order valence-corrected chi connectivity index (χ4v) is 3.51. The van der Waals surface area contributed by atoms with Crippen LogP contribution in [0.3, 0.4) is 0 Å². The molecule has 0 spiro atoms. The Bertz CT molecular complexity index is 475. The summed E-state index contributed by atoms with van der Waals surface area (Å²) in [4.78, 5) is 14.3. The summed E-state index contributed by atoms with van der Waals surface area (Å²) in [5.74, 6) is 1.30. The molecule has 2 aliphatic rings. The number of anilines is 2. The Morgan fingerprint density at radius 3 is 2.65 bits per heavy atom. The van der Waals surface area contributed by atoms with Gasteiger partial charge in [-0.15, -0.1) is 0 Å². The summed E-state index contributed by atoms with van der Waals surface area (Å²) in [5, 5.41) is 10.7. The third kappa shape index (κ3) is 2.69. The number of aromatic nitrogens is 3. The van der Waals surface area contributed by atoms with Gasteiger partial charge in [-0.1, -0.05) is 12.8 Å². The van der Waals surface area contributed by atoms with Gasteiger partial charge in [-0.3, -0.25) is 4.90 Å². The van der Waals surface area contributed by atoms with E-state index in [1.807, 2.05) is 0 Å². The van der Waals surface area contributed by atoms with Crippen molar-refractivity contribution in [2.24, 2.45) is 5.92 Å². The van der Waals surface area contributed by atoms with Crippen molar-refractivity contribution in [1.29, 1.82) is 0 Å².